The maximum atomic E-state index is 10.5. The maximum absolute atomic E-state index is 10.5. The van der Waals surface area contributed by atoms with Crippen LogP contribution in [-0.2, 0) is 0 Å². The predicted molar refractivity (Wildman–Crippen MR) is 91.0 cm³/mol. The molecule has 2 nitrogen and oxygen atoms in total. The third-order valence-electron chi connectivity index (χ3n) is 4.59. The van der Waals surface area contributed by atoms with Crippen LogP contribution in [0.1, 0.15) is 0 Å². The minimum atomic E-state index is 0.279. The van der Waals surface area contributed by atoms with Crippen molar-refractivity contribution < 1.29 is 10.2 Å². The molecule has 0 amide bonds. The average Bonchev–Trinajstić information content (AvgIpc) is 2.55. The van der Waals surface area contributed by atoms with Gasteiger partial charge in [-0.25, -0.2) is 0 Å². The van der Waals surface area contributed by atoms with E-state index in [2.05, 4.69) is 0 Å². The number of phenols is 2. The van der Waals surface area contributed by atoms with Crippen molar-refractivity contribution in [1.82, 2.24) is 0 Å². The molecule has 2 heteroatoms. The first-order chi connectivity index (χ1) is 10.8. The normalized spacial score (nSPS) is 12.0. The van der Waals surface area contributed by atoms with Gasteiger partial charge >= 0.3 is 0 Å². The summed E-state index contributed by atoms with van der Waals surface area (Å²) < 4.78 is 0. The van der Waals surface area contributed by atoms with Crippen LogP contribution in [0.25, 0.3) is 43.1 Å². The molecule has 0 aromatic heterocycles. The number of rotatable bonds is 0. The van der Waals surface area contributed by atoms with Crippen molar-refractivity contribution in [1.29, 1.82) is 0 Å². The number of aromatic hydroxyl groups is 2. The molecular formula is C20H12O2. The Morgan fingerprint density at radius 2 is 0.909 bits per heavy atom. The van der Waals surface area contributed by atoms with Gasteiger partial charge in [-0.1, -0.05) is 48.5 Å². The van der Waals surface area contributed by atoms with Gasteiger partial charge in [-0.15, -0.1) is 0 Å². The molecule has 0 saturated carbocycles. The van der Waals surface area contributed by atoms with Crippen LogP contribution in [0.3, 0.4) is 0 Å². The summed E-state index contributed by atoms with van der Waals surface area (Å²) in [6.07, 6.45) is 0. The molecule has 5 aromatic carbocycles. The first-order valence-electron chi connectivity index (χ1n) is 7.26. The lowest BCUT2D eigenvalue weighted by atomic mass is 9.89. The number of hydrogen-bond donors (Lipinski definition) is 2. The van der Waals surface area contributed by atoms with Crippen molar-refractivity contribution in [2.75, 3.05) is 0 Å². The van der Waals surface area contributed by atoms with Gasteiger partial charge in [-0.3, -0.25) is 0 Å². The van der Waals surface area contributed by atoms with Gasteiger partial charge in [0.05, 0.1) is 0 Å². The Balaban J connectivity index is 2.33. The SMILES string of the molecule is Oc1ccc2cccc3c4c(O)ccc5cccc(c1c23)c54. The Morgan fingerprint density at radius 1 is 0.455 bits per heavy atom. The minimum Gasteiger partial charge on any atom is -0.507 e. The van der Waals surface area contributed by atoms with Crippen molar-refractivity contribution in [2.24, 2.45) is 0 Å². The fraction of sp³-hybridized carbons (Fsp3) is 0. The van der Waals surface area contributed by atoms with Crippen molar-refractivity contribution in [2.45, 2.75) is 0 Å². The fourth-order valence-corrected chi connectivity index (χ4v) is 3.70. The molecule has 5 rings (SSSR count). The van der Waals surface area contributed by atoms with Crippen molar-refractivity contribution in [3.05, 3.63) is 60.7 Å². The lowest BCUT2D eigenvalue weighted by Crippen LogP contribution is -1.87. The standard InChI is InChI=1S/C20H12O2/c21-15-10-8-12-4-2-6-14-18(12)19(15)13-5-1-3-11-7-9-16(22)20(14)17(11)13/h1-10,21-22H. The lowest BCUT2D eigenvalue weighted by Gasteiger charge is -2.15. The molecule has 0 heterocycles. The number of benzene rings is 5. The first kappa shape index (κ1) is 11.6. The Labute approximate surface area is 126 Å². The lowest BCUT2D eigenvalue weighted by molar-refractivity contribution is 0.481. The second-order valence-electron chi connectivity index (χ2n) is 5.73. The van der Waals surface area contributed by atoms with Gasteiger partial charge in [0.25, 0.3) is 0 Å². The zero-order valence-corrected chi connectivity index (χ0v) is 11.7. The summed E-state index contributed by atoms with van der Waals surface area (Å²) in [5.74, 6) is 0.558. The summed E-state index contributed by atoms with van der Waals surface area (Å²) in [5, 5.41) is 28.7. The number of phenolic OH excluding ortho intramolecular Hbond substituents is 2. The van der Waals surface area contributed by atoms with Gasteiger partial charge in [0, 0.05) is 21.5 Å². The Bertz CT molecular complexity index is 1090. The molecule has 0 saturated heterocycles. The van der Waals surface area contributed by atoms with Crippen LogP contribution in [0.4, 0.5) is 0 Å². The smallest absolute Gasteiger partial charge is 0.124 e. The average molecular weight is 284 g/mol. The van der Waals surface area contributed by atoms with E-state index in [-0.39, 0.29) is 11.5 Å². The second-order valence-corrected chi connectivity index (χ2v) is 5.73. The summed E-state index contributed by atoms with van der Waals surface area (Å²) in [7, 11) is 0. The number of hydrogen-bond acceptors (Lipinski definition) is 2. The summed E-state index contributed by atoms with van der Waals surface area (Å²) in [4.78, 5) is 0. The molecule has 0 unspecified atom stereocenters. The molecule has 0 aliphatic carbocycles. The zero-order chi connectivity index (χ0) is 14.8. The van der Waals surface area contributed by atoms with Crippen LogP contribution < -0.4 is 0 Å². The highest BCUT2D eigenvalue weighted by Crippen LogP contribution is 2.45. The predicted octanol–water partition coefficient (Wildman–Crippen LogP) is 5.15. The zero-order valence-electron chi connectivity index (χ0n) is 11.7. The largest absolute Gasteiger partial charge is 0.507 e. The monoisotopic (exact) mass is 284 g/mol. The Kier molecular flexibility index (Phi) is 2.01. The van der Waals surface area contributed by atoms with E-state index in [0.29, 0.717) is 0 Å². The molecule has 0 atom stereocenters. The minimum absolute atomic E-state index is 0.279. The van der Waals surface area contributed by atoms with E-state index in [1.807, 2.05) is 48.5 Å². The first-order valence-corrected chi connectivity index (χ1v) is 7.26. The summed E-state index contributed by atoms with van der Waals surface area (Å²) >= 11 is 0. The molecule has 22 heavy (non-hydrogen) atoms. The molecule has 5 aromatic rings. The van der Waals surface area contributed by atoms with Gasteiger partial charge in [0.2, 0.25) is 0 Å². The fourth-order valence-electron chi connectivity index (χ4n) is 3.70. The van der Waals surface area contributed by atoms with Crippen molar-refractivity contribution in [3.8, 4) is 11.5 Å². The van der Waals surface area contributed by atoms with E-state index in [1.54, 1.807) is 12.1 Å². The summed E-state index contributed by atoms with van der Waals surface area (Å²) in [6, 6.07) is 19.4. The molecule has 0 spiro atoms. The van der Waals surface area contributed by atoms with E-state index < -0.39 is 0 Å². The van der Waals surface area contributed by atoms with E-state index in [0.717, 1.165) is 43.1 Å². The third kappa shape index (κ3) is 1.25. The molecule has 0 bridgehead atoms. The summed E-state index contributed by atoms with van der Waals surface area (Å²) in [5.41, 5.74) is 0. The van der Waals surface area contributed by atoms with E-state index in [9.17, 15) is 10.2 Å². The topological polar surface area (TPSA) is 40.5 Å². The van der Waals surface area contributed by atoms with Crippen molar-refractivity contribution in [3.63, 3.8) is 0 Å². The van der Waals surface area contributed by atoms with Crippen molar-refractivity contribution >= 4 is 43.1 Å². The highest BCUT2D eigenvalue weighted by molar-refractivity contribution is 6.35. The molecule has 0 aliphatic rings. The Morgan fingerprint density at radius 3 is 1.36 bits per heavy atom. The van der Waals surface area contributed by atoms with Crippen LogP contribution >= 0.6 is 0 Å². The van der Waals surface area contributed by atoms with Crippen LogP contribution in [0, 0.1) is 0 Å². The van der Waals surface area contributed by atoms with Gasteiger partial charge in [-0.2, -0.15) is 0 Å². The van der Waals surface area contributed by atoms with E-state index in [4.69, 9.17) is 0 Å². The van der Waals surface area contributed by atoms with E-state index >= 15 is 0 Å². The van der Waals surface area contributed by atoms with Gasteiger partial charge in [-0.05, 0) is 33.7 Å². The number of fused-ring (bicyclic) bond motifs is 2. The summed E-state index contributed by atoms with van der Waals surface area (Å²) in [6.45, 7) is 0. The molecule has 104 valence electrons. The second kappa shape index (κ2) is 3.80. The van der Waals surface area contributed by atoms with E-state index in [1.165, 1.54) is 0 Å². The molecule has 0 fully saturated rings. The quantitative estimate of drug-likeness (QED) is 0.305. The van der Waals surface area contributed by atoms with Gasteiger partial charge in [0.1, 0.15) is 11.5 Å². The Hall–Kier alpha value is -3.00. The van der Waals surface area contributed by atoms with Crippen LogP contribution in [0.2, 0.25) is 0 Å². The highest BCUT2D eigenvalue weighted by atomic mass is 16.3. The molecular weight excluding hydrogens is 272 g/mol. The highest BCUT2D eigenvalue weighted by Gasteiger charge is 2.16. The van der Waals surface area contributed by atoms with Gasteiger partial charge in [0.15, 0.2) is 0 Å². The maximum Gasteiger partial charge on any atom is 0.124 e. The third-order valence-corrected chi connectivity index (χ3v) is 4.59. The molecule has 0 aliphatic heterocycles. The van der Waals surface area contributed by atoms with Crippen LogP contribution in [-0.4, -0.2) is 10.2 Å². The van der Waals surface area contributed by atoms with Crippen LogP contribution in [0.15, 0.2) is 60.7 Å². The van der Waals surface area contributed by atoms with Crippen LogP contribution in [0.5, 0.6) is 11.5 Å². The molecule has 0 radical (unpaired) electrons. The molecule has 2 N–H and O–H groups in total. The van der Waals surface area contributed by atoms with Gasteiger partial charge < -0.3 is 10.2 Å².